The molecule has 2 unspecified atom stereocenters. The van der Waals surface area contributed by atoms with Crippen molar-refractivity contribution in [2.45, 2.75) is 57.6 Å². The van der Waals surface area contributed by atoms with Crippen molar-refractivity contribution in [1.29, 1.82) is 0 Å². The van der Waals surface area contributed by atoms with Crippen LogP contribution in [0.4, 0.5) is 5.82 Å². The molecule has 1 aromatic rings. The number of nitrogens with one attached hydrogen (secondary N) is 1. The summed E-state index contributed by atoms with van der Waals surface area (Å²) in [5, 5.41) is 4.78. The third-order valence-corrected chi connectivity index (χ3v) is 5.03. The van der Waals surface area contributed by atoms with Crippen molar-refractivity contribution in [3.8, 4) is 0 Å². The van der Waals surface area contributed by atoms with Gasteiger partial charge in [-0.2, -0.15) is 11.8 Å². The molecule has 0 aromatic carbocycles. The van der Waals surface area contributed by atoms with E-state index < -0.39 is 0 Å². The van der Waals surface area contributed by atoms with Gasteiger partial charge in [-0.1, -0.05) is 34.6 Å². The molecule has 0 aliphatic carbocycles. The van der Waals surface area contributed by atoms with Gasteiger partial charge >= 0.3 is 0 Å². The van der Waals surface area contributed by atoms with E-state index in [1.165, 1.54) is 11.3 Å². The summed E-state index contributed by atoms with van der Waals surface area (Å²) in [5.41, 5.74) is 2.56. The molecule has 21 heavy (non-hydrogen) atoms. The van der Waals surface area contributed by atoms with Gasteiger partial charge in [0.05, 0.1) is 0 Å². The number of nitrogens with zero attached hydrogens (tertiary/aromatic N) is 2. The van der Waals surface area contributed by atoms with Crippen molar-refractivity contribution >= 4 is 17.6 Å². The van der Waals surface area contributed by atoms with Gasteiger partial charge in [-0.3, -0.25) is 0 Å². The van der Waals surface area contributed by atoms with Crippen LogP contribution < -0.4 is 10.2 Å². The summed E-state index contributed by atoms with van der Waals surface area (Å²) in [7, 11) is 0. The smallest absolute Gasteiger partial charge is 0.129 e. The molecule has 1 aliphatic rings. The van der Waals surface area contributed by atoms with Crippen LogP contribution in [0.2, 0.25) is 0 Å². The molecule has 4 heteroatoms. The minimum Gasteiger partial charge on any atom is -0.354 e. The van der Waals surface area contributed by atoms with Gasteiger partial charge in [0.1, 0.15) is 5.82 Å². The van der Waals surface area contributed by atoms with Crippen molar-refractivity contribution in [3.05, 3.63) is 23.4 Å². The van der Waals surface area contributed by atoms with Crippen LogP contribution in [-0.4, -0.2) is 35.1 Å². The highest BCUT2D eigenvalue weighted by Gasteiger charge is 2.23. The molecule has 0 amide bonds. The Kier molecular flexibility index (Phi) is 5.94. The van der Waals surface area contributed by atoms with Gasteiger partial charge in [0.15, 0.2) is 0 Å². The van der Waals surface area contributed by atoms with Crippen LogP contribution in [0.1, 0.15) is 51.8 Å². The van der Waals surface area contributed by atoms with Gasteiger partial charge in [0, 0.05) is 35.8 Å². The zero-order valence-electron chi connectivity index (χ0n) is 14.0. The summed E-state index contributed by atoms with van der Waals surface area (Å²) in [6.07, 6.45) is 0. The van der Waals surface area contributed by atoms with E-state index >= 15 is 0 Å². The molecule has 0 saturated carbocycles. The largest absolute Gasteiger partial charge is 0.354 e. The summed E-state index contributed by atoms with van der Waals surface area (Å²) in [6.45, 7) is 15.4. The second-order valence-electron chi connectivity index (χ2n) is 6.36. The van der Waals surface area contributed by atoms with Crippen molar-refractivity contribution in [3.63, 3.8) is 0 Å². The molecule has 1 fully saturated rings. The molecular formula is C17H29N3S. The molecule has 2 heterocycles. The molecule has 1 aliphatic heterocycles. The quantitative estimate of drug-likeness (QED) is 0.899. The van der Waals surface area contributed by atoms with Crippen LogP contribution in [0.3, 0.4) is 0 Å². The van der Waals surface area contributed by atoms with Gasteiger partial charge in [0.25, 0.3) is 0 Å². The molecule has 0 radical (unpaired) electrons. The Morgan fingerprint density at radius 2 is 1.95 bits per heavy atom. The SMILES string of the molecule is CCNCc1cc(C(C)C)nc(N2CC(C)SC(C)C2)c1. The summed E-state index contributed by atoms with van der Waals surface area (Å²) in [4.78, 5) is 7.39. The third kappa shape index (κ3) is 4.62. The zero-order chi connectivity index (χ0) is 15.4. The maximum Gasteiger partial charge on any atom is 0.129 e. The van der Waals surface area contributed by atoms with Gasteiger partial charge in [-0.15, -0.1) is 0 Å². The van der Waals surface area contributed by atoms with Crippen LogP contribution in [0.5, 0.6) is 0 Å². The molecule has 1 N–H and O–H groups in total. The molecule has 1 saturated heterocycles. The van der Waals surface area contributed by atoms with Gasteiger partial charge in [0.2, 0.25) is 0 Å². The minimum atomic E-state index is 0.472. The maximum absolute atomic E-state index is 4.92. The van der Waals surface area contributed by atoms with Crippen LogP contribution >= 0.6 is 11.8 Å². The number of anilines is 1. The van der Waals surface area contributed by atoms with E-state index in [9.17, 15) is 0 Å². The predicted octanol–water partition coefficient (Wildman–Crippen LogP) is 3.64. The number of hydrogen-bond acceptors (Lipinski definition) is 4. The molecule has 2 rings (SSSR count). The number of thioether (sulfide) groups is 1. The number of aromatic nitrogens is 1. The third-order valence-electron chi connectivity index (χ3n) is 3.81. The fourth-order valence-electron chi connectivity index (χ4n) is 2.79. The Morgan fingerprint density at radius 1 is 1.29 bits per heavy atom. The van der Waals surface area contributed by atoms with E-state index in [1.54, 1.807) is 0 Å². The number of rotatable bonds is 5. The van der Waals surface area contributed by atoms with Crippen LogP contribution in [0.25, 0.3) is 0 Å². The van der Waals surface area contributed by atoms with Crippen LogP contribution in [0.15, 0.2) is 12.1 Å². The van der Waals surface area contributed by atoms with Gasteiger partial charge < -0.3 is 10.2 Å². The van der Waals surface area contributed by atoms with E-state index in [2.05, 4.69) is 68.7 Å². The summed E-state index contributed by atoms with van der Waals surface area (Å²) in [5.74, 6) is 1.63. The second kappa shape index (κ2) is 7.50. The molecule has 0 spiro atoms. The highest BCUT2D eigenvalue weighted by Crippen LogP contribution is 2.29. The van der Waals surface area contributed by atoms with Gasteiger partial charge in [-0.25, -0.2) is 4.98 Å². The lowest BCUT2D eigenvalue weighted by atomic mass is 10.1. The Bertz CT molecular complexity index is 451. The highest BCUT2D eigenvalue weighted by atomic mass is 32.2. The fourth-order valence-corrected chi connectivity index (χ4v) is 4.11. The monoisotopic (exact) mass is 307 g/mol. The number of hydrogen-bond donors (Lipinski definition) is 1. The van der Waals surface area contributed by atoms with E-state index in [1.807, 2.05) is 0 Å². The first kappa shape index (κ1) is 16.6. The molecular weight excluding hydrogens is 278 g/mol. The molecule has 0 bridgehead atoms. The minimum absolute atomic E-state index is 0.472. The highest BCUT2D eigenvalue weighted by molar-refractivity contribution is 8.00. The predicted molar refractivity (Wildman–Crippen MR) is 94.4 cm³/mol. The van der Waals surface area contributed by atoms with E-state index in [-0.39, 0.29) is 0 Å². The average Bonchev–Trinajstić information content (AvgIpc) is 2.43. The van der Waals surface area contributed by atoms with Crippen molar-refractivity contribution in [2.24, 2.45) is 0 Å². The zero-order valence-corrected chi connectivity index (χ0v) is 14.8. The first-order valence-corrected chi connectivity index (χ1v) is 9.05. The first-order chi connectivity index (χ1) is 9.99. The Labute approximate surface area is 133 Å². The van der Waals surface area contributed by atoms with E-state index in [0.29, 0.717) is 16.4 Å². The lowest BCUT2D eigenvalue weighted by molar-refractivity contribution is 0.698. The van der Waals surface area contributed by atoms with Crippen molar-refractivity contribution < 1.29 is 0 Å². The number of pyridine rings is 1. The second-order valence-corrected chi connectivity index (χ2v) is 8.24. The summed E-state index contributed by atoms with van der Waals surface area (Å²) < 4.78 is 0. The molecule has 1 aromatic heterocycles. The summed E-state index contributed by atoms with van der Waals surface area (Å²) >= 11 is 2.09. The van der Waals surface area contributed by atoms with Crippen LogP contribution in [0, 0.1) is 0 Å². The first-order valence-electron chi connectivity index (χ1n) is 8.11. The van der Waals surface area contributed by atoms with Crippen LogP contribution in [-0.2, 0) is 6.54 Å². The Morgan fingerprint density at radius 3 is 2.52 bits per heavy atom. The van der Waals surface area contributed by atoms with Gasteiger partial charge in [-0.05, 0) is 30.2 Å². The Balaban J connectivity index is 2.26. The van der Waals surface area contributed by atoms with E-state index in [0.717, 1.165) is 32.0 Å². The summed E-state index contributed by atoms with van der Waals surface area (Å²) in [6, 6.07) is 4.52. The molecule has 3 nitrogen and oxygen atoms in total. The maximum atomic E-state index is 4.92. The topological polar surface area (TPSA) is 28.2 Å². The fraction of sp³-hybridized carbons (Fsp3) is 0.706. The van der Waals surface area contributed by atoms with Crippen molar-refractivity contribution in [1.82, 2.24) is 10.3 Å². The molecule has 118 valence electrons. The molecule has 2 atom stereocenters. The lowest BCUT2D eigenvalue weighted by Gasteiger charge is -2.36. The van der Waals surface area contributed by atoms with Crippen molar-refractivity contribution in [2.75, 3.05) is 24.5 Å². The average molecular weight is 308 g/mol. The lowest BCUT2D eigenvalue weighted by Crippen LogP contribution is -2.41. The Hall–Kier alpha value is -0.740. The van der Waals surface area contributed by atoms with E-state index in [4.69, 9.17) is 4.98 Å². The normalized spacial score (nSPS) is 22.9. The standard InChI is InChI=1S/C17H29N3S/c1-6-18-9-15-7-16(12(2)3)19-17(8-15)20-10-13(4)21-14(5)11-20/h7-8,12-14,18H,6,9-11H2,1-5H3.